The van der Waals surface area contributed by atoms with E-state index in [2.05, 4.69) is 34.5 Å². The third kappa shape index (κ3) is 2.66. The highest BCUT2D eigenvalue weighted by atomic mass is 35.5. The Hall–Kier alpha value is -1.71. The van der Waals surface area contributed by atoms with Crippen molar-refractivity contribution in [2.75, 3.05) is 12.5 Å². The molecule has 0 bridgehead atoms. The zero-order chi connectivity index (χ0) is 16.5. The Bertz CT molecular complexity index is 875. The van der Waals surface area contributed by atoms with Crippen molar-refractivity contribution in [2.24, 2.45) is 0 Å². The van der Waals surface area contributed by atoms with Crippen molar-refractivity contribution < 1.29 is 4.74 Å². The van der Waals surface area contributed by atoms with Crippen molar-refractivity contribution in [3.63, 3.8) is 0 Å². The van der Waals surface area contributed by atoms with Crippen LogP contribution in [0.2, 0.25) is 5.02 Å². The molecule has 3 nitrogen and oxygen atoms in total. The average molecular weight is 361 g/mol. The molecule has 0 saturated heterocycles. The number of H-pyrrole nitrogens is 1. The zero-order valence-corrected chi connectivity index (χ0v) is 14.7. The highest BCUT2D eigenvalue weighted by molar-refractivity contribution is 6.33. The van der Waals surface area contributed by atoms with E-state index in [4.69, 9.17) is 27.9 Å². The lowest BCUT2D eigenvalue weighted by molar-refractivity contribution is 0.342. The number of aromatic amines is 1. The Labute approximate surface area is 150 Å². The minimum Gasteiger partial charge on any atom is -0.491 e. The van der Waals surface area contributed by atoms with Crippen LogP contribution in [0.5, 0.6) is 5.75 Å². The summed E-state index contributed by atoms with van der Waals surface area (Å²) in [4.78, 5) is 0. The summed E-state index contributed by atoms with van der Waals surface area (Å²) in [5.41, 5.74) is 4.91. The summed E-state index contributed by atoms with van der Waals surface area (Å²) in [5.74, 6) is 1.52. The van der Waals surface area contributed by atoms with Crippen molar-refractivity contribution in [1.82, 2.24) is 10.2 Å². The number of alkyl halides is 1. The Kier molecular flexibility index (Phi) is 4.38. The monoisotopic (exact) mass is 360 g/mol. The predicted octanol–water partition coefficient (Wildman–Crippen LogP) is 5.30. The number of nitrogens with one attached hydrogen (secondary N) is 1. The second-order valence-electron chi connectivity index (χ2n) is 6.11. The molecule has 4 rings (SSSR count). The van der Waals surface area contributed by atoms with Gasteiger partial charge in [0, 0.05) is 11.3 Å². The quantitative estimate of drug-likeness (QED) is 0.640. The molecule has 24 heavy (non-hydrogen) atoms. The van der Waals surface area contributed by atoms with Gasteiger partial charge in [-0.2, -0.15) is 5.10 Å². The maximum atomic E-state index is 6.62. The van der Waals surface area contributed by atoms with Crippen LogP contribution < -0.4 is 4.74 Å². The van der Waals surface area contributed by atoms with Gasteiger partial charge < -0.3 is 4.74 Å². The molecule has 5 heteroatoms. The molecule has 1 heterocycles. The van der Waals surface area contributed by atoms with E-state index in [1.807, 2.05) is 12.3 Å². The van der Waals surface area contributed by atoms with E-state index in [9.17, 15) is 0 Å². The summed E-state index contributed by atoms with van der Waals surface area (Å²) in [6.07, 6.45) is 5.09. The van der Waals surface area contributed by atoms with Crippen LogP contribution in [0, 0.1) is 0 Å². The number of aromatic nitrogens is 2. The number of hydrogen-bond acceptors (Lipinski definition) is 2. The first-order valence-electron chi connectivity index (χ1n) is 8.21. The van der Waals surface area contributed by atoms with Gasteiger partial charge in [-0.3, -0.25) is 5.10 Å². The zero-order valence-electron chi connectivity index (χ0n) is 13.2. The molecule has 0 fully saturated rings. The van der Waals surface area contributed by atoms with Crippen molar-refractivity contribution >= 4 is 34.1 Å². The molecule has 2 aromatic carbocycles. The van der Waals surface area contributed by atoms with Gasteiger partial charge in [-0.15, -0.1) is 11.6 Å². The van der Waals surface area contributed by atoms with Gasteiger partial charge in [-0.05, 0) is 42.0 Å². The number of nitrogens with zero attached hydrogens (tertiary/aromatic N) is 1. The second kappa shape index (κ2) is 6.66. The molecule has 0 aliphatic heterocycles. The fourth-order valence-electron chi connectivity index (χ4n) is 3.70. The first-order chi connectivity index (χ1) is 11.8. The smallest absolute Gasteiger partial charge is 0.138 e. The minimum atomic E-state index is 0.331. The molecule has 1 aliphatic rings. The third-order valence-corrected chi connectivity index (χ3v) is 5.33. The number of para-hydroxylation sites is 1. The van der Waals surface area contributed by atoms with E-state index < -0.39 is 0 Å². The molecule has 0 saturated carbocycles. The van der Waals surface area contributed by atoms with Crippen LogP contribution in [0.3, 0.4) is 0 Å². The molecule has 0 spiro atoms. The number of fused-ring (bicyclic) bond motifs is 2. The van der Waals surface area contributed by atoms with Crippen LogP contribution in [-0.4, -0.2) is 22.7 Å². The highest BCUT2D eigenvalue weighted by Crippen LogP contribution is 2.43. The van der Waals surface area contributed by atoms with Gasteiger partial charge >= 0.3 is 0 Å². The van der Waals surface area contributed by atoms with Gasteiger partial charge in [0.05, 0.1) is 22.6 Å². The molecule has 3 aromatic rings. The van der Waals surface area contributed by atoms with Crippen LogP contribution in [-0.2, 0) is 6.42 Å². The van der Waals surface area contributed by atoms with Crippen molar-refractivity contribution in [3.05, 3.63) is 58.2 Å². The average Bonchev–Trinajstić information content (AvgIpc) is 3.10. The van der Waals surface area contributed by atoms with E-state index >= 15 is 0 Å². The SMILES string of the molecule is ClCCOc1ccc2c(c1Cl)CCCC2c1cccc2cn[nH]c12. The van der Waals surface area contributed by atoms with Crippen LogP contribution in [0.15, 0.2) is 36.5 Å². The summed E-state index contributed by atoms with van der Waals surface area (Å²) in [7, 11) is 0. The first-order valence-corrected chi connectivity index (χ1v) is 9.13. The number of ether oxygens (including phenoxy) is 1. The number of benzene rings is 2. The van der Waals surface area contributed by atoms with Gasteiger partial charge in [-0.1, -0.05) is 35.9 Å². The maximum absolute atomic E-state index is 6.62. The molecule has 0 radical (unpaired) electrons. The largest absolute Gasteiger partial charge is 0.491 e. The lowest BCUT2D eigenvalue weighted by atomic mass is 9.78. The normalized spacial score (nSPS) is 17.0. The van der Waals surface area contributed by atoms with E-state index in [1.54, 1.807) is 0 Å². The third-order valence-electron chi connectivity index (χ3n) is 4.76. The van der Waals surface area contributed by atoms with Gasteiger partial charge in [0.2, 0.25) is 0 Å². The van der Waals surface area contributed by atoms with E-state index in [1.165, 1.54) is 16.7 Å². The van der Waals surface area contributed by atoms with Crippen LogP contribution in [0.25, 0.3) is 10.9 Å². The maximum Gasteiger partial charge on any atom is 0.138 e. The molecular formula is C19H18Cl2N2O. The standard InChI is InChI=1S/C19H18Cl2N2O/c20-9-10-24-17-8-7-14-13(4-2-5-15(14)18(17)21)16-6-1-3-12-11-22-23-19(12)16/h1,3,6-8,11,13H,2,4-5,9-10H2,(H,22,23). The van der Waals surface area contributed by atoms with E-state index in [0.717, 1.165) is 40.9 Å². The highest BCUT2D eigenvalue weighted by Gasteiger charge is 2.26. The second-order valence-corrected chi connectivity index (χ2v) is 6.87. The molecule has 1 N–H and O–H groups in total. The van der Waals surface area contributed by atoms with Crippen molar-refractivity contribution in [3.8, 4) is 5.75 Å². The molecule has 0 amide bonds. The summed E-state index contributed by atoms with van der Waals surface area (Å²) in [5, 5.41) is 9.22. The Morgan fingerprint density at radius 3 is 3.00 bits per heavy atom. The summed E-state index contributed by atoms with van der Waals surface area (Å²) >= 11 is 12.3. The van der Waals surface area contributed by atoms with E-state index in [0.29, 0.717) is 18.4 Å². The summed E-state index contributed by atoms with van der Waals surface area (Å²) < 4.78 is 5.67. The summed E-state index contributed by atoms with van der Waals surface area (Å²) in [6.45, 7) is 0.469. The molecule has 124 valence electrons. The number of rotatable bonds is 4. The van der Waals surface area contributed by atoms with Gasteiger partial charge in [0.1, 0.15) is 12.4 Å². The molecule has 1 atom stereocenters. The van der Waals surface area contributed by atoms with Crippen LogP contribution in [0.1, 0.15) is 35.4 Å². The van der Waals surface area contributed by atoms with Crippen LogP contribution >= 0.6 is 23.2 Å². The molecular weight excluding hydrogens is 343 g/mol. The topological polar surface area (TPSA) is 37.9 Å². The Morgan fingerprint density at radius 2 is 2.12 bits per heavy atom. The van der Waals surface area contributed by atoms with Gasteiger partial charge in [0.15, 0.2) is 0 Å². The number of halogens is 2. The van der Waals surface area contributed by atoms with Crippen molar-refractivity contribution in [2.45, 2.75) is 25.2 Å². The summed E-state index contributed by atoms with van der Waals surface area (Å²) in [6, 6.07) is 10.5. The molecule has 1 unspecified atom stereocenters. The Morgan fingerprint density at radius 1 is 1.21 bits per heavy atom. The van der Waals surface area contributed by atoms with Crippen molar-refractivity contribution in [1.29, 1.82) is 0 Å². The first kappa shape index (κ1) is 15.8. The molecule has 1 aliphatic carbocycles. The molecule has 1 aromatic heterocycles. The number of hydrogen-bond donors (Lipinski definition) is 1. The fraction of sp³-hybridized carbons (Fsp3) is 0.316. The minimum absolute atomic E-state index is 0.331. The lowest BCUT2D eigenvalue weighted by Crippen LogP contribution is -2.13. The van der Waals surface area contributed by atoms with E-state index in [-0.39, 0.29) is 0 Å². The van der Waals surface area contributed by atoms with Gasteiger partial charge in [-0.25, -0.2) is 0 Å². The predicted molar refractivity (Wildman–Crippen MR) is 98.5 cm³/mol. The van der Waals surface area contributed by atoms with Crippen LogP contribution in [0.4, 0.5) is 0 Å². The fourth-order valence-corrected chi connectivity index (χ4v) is 4.10. The Balaban J connectivity index is 1.79. The van der Waals surface area contributed by atoms with Gasteiger partial charge in [0.25, 0.3) is 0 Å². The lowest BCUT2D eigenvalue weighted by Gasteiger charge is -2.28.